The highest BCUT2D eigenvalue weighted by molar-refractivity contribution is 5.86. The fourth-order valence-electron chi connectivity index (χ4n) is 3.73. The van der Waals surface area contributed by atoms with Gasteiger partial charge >= 0.3 is 0 Å². The number of fused-ring (bicyclic) bond motifs is 1. The summed E-state index contributed by atoms with van der Waals surface area (Å²) in [4.78, 5) is 24.3. The Bertz CT molecular complexity index is 663. The summed E-state index contributed by atoms with van der Waals surface area (Å²) in [6, 6.07) is 0. The Labute approximate surface area is 173 Å². The molecule has 1 aromatic rings. The number of carbonyl (C=O) groups excluding carboxylic acids is 2. The van der Waals surface area contributed by atoms with Crippen LogP contribution >= 0.6 is 0 Å². The van der Waals surface area contributed by atoms with E-state index in [0.717, 1.165) is 44.2 Å². The molecule has 1 aromatic heterocycles. The number of unbranched alkanes of at least 4 members (excludes halogenated alkanes) is 2. The lowest BCUT2D eigenvalue weighted by Gasteiger charge is -2.25. The highest BCUT2D eigenvalue weighted by atomic mass is 19.1. The minimum atomic E-state index is -2.12. The molecule has 0 radical (unpaired) electrons. The molecule has 8 heteroatoms. The van der Waals surface area contributed by atoms with Crippen LogP contribution in [-0.4, -0.2) is 39.9 Å². The van der Waals surface area contributed by atoms with E-state index < -0.39 is 11.6 Å². The fraction of sp³-hybridized carbons (Fsp3) is 0.810. The molecule has 29 heavy (non-hydrogen) atoms. The van der Waals surface area contributed by atoms with Crippen LogP contribution in [0.5, 0.6) is 0 Å². The van der Waals surface area contributed by atoms with Crippen LogP contribution in [0.25, 0.3) is 0 Å². The molecular weight excluding hydrogens is 373 g/mol. The van der Waals surface area contributed by atoms with Gasteiger partial charge in [0.25, 0.3) is 5.91 Å². The molecule has 1 heterocycles. The maximum absolute atomic E-state index is 15.9. The molecule has 1 aliphatic carbocycles. The first-order valence-corrected chi connectivity index (χ1v) is 11.2. The number of hydrogen-bond acceptors (Lipinski definition) is 4. The van der Waals surface area contributed by atoms with Crippen molar-refractivity contribution in [3.63, 3.8) is 0 Å². The van der Waals surface area contributed by atoms with Gasteiger partial charge in [-0.25, -0.2) is 9.07 Å². The summed E-state index contributed by atoms with van der Waals surface area (Å²) in [6.07, 6.45) is 8.23. The molecule has 7 nitrogen and oxygen atoms in total. The van der Waals surface area contributed by atoms with Crippen molar-refractivity contribution in [1.29, 1.82) is 0 Å². The Kier molecular flexibility index (Phi) is 9.54. The zero-order valence-electron chi connectivity index (χ0n) is 17.9. The Morgan fingerprint density at radius 1 is 1.07 bits per heavy atom. The molecule has 0 saturated carbocycles. The molecule has 2 amide bonds. The third-order valence-electron chi connectivity index (χ3n) is 5.42. The largest absolute Gasteiger partial charge is 0.356 e. The van der Waals surface area contributed by atoms with E-state index in [1.54, 1.807) is 4.68 Å². The van der Waals surface area contributed by atoms with Gasteiger partial charge in [-0.05, 0) is 44.9 Å². The molecule has 164 valence electrons. The van der Waals surface area contributed by atoms with Gasteiger partial charge in [-0.1, -0.05) is 38.3 Å². The topological polar surface area (TPSA) is 88.9 Å². The minimum Gasteiger partial charge on any atom is -0.356 e. The van der Waals surface area contributed by atoms with Crippen LogP contribution < -0.4 is 10.6 Å². The number of aromatic nitrogens is 3. The number of halogens is 1. The lowest BCUT2D eigenvalue weighted by Crippen LogP contribution is -2.43. The second kappa shape index (κ2) is 11.9. The molecule has 0 saturated heterocycles. The molecule has 2 N–H and O–H groups in total. The first-order chi connectivity index (χ1) is 14.0. The first kappa shape index (κ1) is 23.3. The third kappa shape index (κ3) is 6.51. The summed E-state index contributed by atoms with van der Waals surface area (Å²) in [5, 5.41) is 13.9. The van der Waals surface area contributed by atoms with E-state index in [9.17, 15) is 9.59 Å². The summed E-state index contributed by atoms with van der Waals surface area (Å²) in [5.41, 5.74) is -1.22. The number of nitrogens with zero attached hydrogens (tertiary/aromatic N) is 3. The van der Waals surface area contributed by atoms with Gasteiger partial charge in [0.05, 0.1) is 5.69 Å². The Morgan fingerprint density at radius 2 is 1.86 bits per heavy atom. The van der Waals surface area contributed by atoms with Crippen LogP contribution in [-0.2, 0) is 28.2 Å². The summed E-state index contributed by atoms with van der Waals surface area (Å²) < 4.78 is 17.6. The van der Waals surface area contributed by atoms with Crippen molar-refractivity contribution in [2.75, 3.05) is 13.1 Å². The van der Waals surface area contributed by atoms with Crippen LogP contribution in [0.2, 0.25) is 0 Å². The van der Waals surface area contributed by atoms with E-state index in [4.69, 9.17) is 0 Å². The van der Waals surface area contributed by atoms with E-state index >= 15 is 4.39 Å². The van der Waals surface area contributed by atoms with Crippen LogP contribution in [0.4, 0.5) is 4.39 Å². The average molecular weight is 410 g/mol. The fourth-order valence-corrected chi connectivity index (χ4v) is 3.73. The maximum atomic E-state index is 15.9. The van der Waals surface area contributed by atoms with E-state index in [-0.39, 0.29) is 18.0 Å². The van der Waals surface area contributed by atoms with Gasteiger partial charge in [0.2, 0.25) is 11.6 Å². The third-order valence-corrected chi connectivity index (χ3v) is 5.42. The standard InChI is InChI=1S/C21H36FN5O2/c1-3-5-9-14-24-20(29)21(22)13-8-6-7-12-17-19(21)25-26-27(17)16-10-15-23-18(28)11-4-2/h3-16H2,1-2H3,(H,23,28)(H,24,29). The number of hydrogen-bond donors (Lipinski definition) is 2. The molecule has 0 bridgehead atoms. The average Bonchev–Trinajstić information content (AvgIpc) is 3.09. The van der Waals surface area contributed by atoms with Gasteiger partial charge in [-0.15, -0.1) is 5.10 Å². The monoisotopic (exact) mass is 409 g/mol. The molecule has 2 rings (SSSR count). The zero-order chi connectivity index (χ0) is 21.1. The summed E-state index contributed by atoms with van der Waals surface area (Å²) in [5.74, 6) is -0.542. The molecule has 0 aliphatic heterocycles. The van der Waals surface area contributed by atoms with Crippen LogP contribution in [0.3, 0.4) is 0 Å². The summed E-state index contributed by atoms with van der Waals surface area (Å²) in [6.45, 7) is 5.64. The van der Waals surface area contributed by atoms with Crippen molar-refractivity contribution in [2.24, 2.45) is 0 Å². The second-order valence-corrected chi connectivity index (χ2v) is 7.89. The van der Waals surface area contributed by atoms with E-state index in [2.05, 4.69) is 27.9 Å². The Morgan fingerprint density at radius 3 is 2.62 bits per heavy atom. The van der Waals surface area contributed by atoms with Gasteiger partial charge in [0, 0.05) is 26.1 Å². The first-order valence-electron chi connectivity index (χ1n) is 11.2. The van der Waals surface area contributed by atoms with Crippen molar-refractivity contribution < 1.29 is 14.0 Å². The molecule has 1 aliphatic rings. The lowest BCUT2D eigenvalue weighted by molar-refractivity contribution is -0.134. The number of aryl methyl sites for hydroxylation is 1. The molecule has 0 aromatic carbocycles. The van der Waals surface area contributed by atoms with Gasteiger partial charge in [-0.3, -0.25) is 9.59 Å². The number of nitrogens with one attached hydrogen (secondary N) is 2. The van der Waals surface area contributed by atoms with Crippen LogP contribution in [0, 0.1) is 0 Å². The lowest BCUT2D eigenvalue weighted by atomic mass is 9.88. The quantitative estimate of drug-likeness (QED) is 0.550. The van der Waals surface area contributed by atoms with Crippen LogP contribution in [0.1, 0.15) is 89.4 Å². The zero-order valence-corrected chi connectivity index (χ0v) is 17.9. The Balaban J connectivity index is 2.05. The summed E-state index contributed by atoms with van der Waals surface area (Å²) >= 11 is 0. The van der Waals surface area contributed by atoms with Crippen molar-refractivity contribution in [3.8, 4) is 0 Å². The smallest absolute Gasteiger partial charge is 0.264 e. The maximum Gasteiger partial charge on any atom is 0.264 e. The number of carbonyl (C=O) groups is 2. The number of amides is 2. The summed E-state index contributed by atoms with van der Waals surface area (Å²) in [7, 11) is 0. The van der Waals surface area contributed by atoms with Crippen LogP contribution in [0.15, 0.2) is 0 Å². The van der Waals surface area contributed by atoms with E-state index in [1.165, 1.54) is 0 Å². The Hall–Kier alpha value is -1.99. The van der Waals surface area contributed by atoms with Gasteiger partial charge in [0.15, 0.2) is 0 Å². The van der Waals surface area contributed by atoms with Crippen molar-refractivity contribution >= 4 is 11.8 Å². The molecule has 0 fully saturated rings. The highest BCUT2D eigenvalue weighted by Crippen LogP contribution is 2.36. The second-order valence-electron chi connectivity index (χ2n) is 7.89. The van der Waals surface area contributed by atoms with Crippen molar-refractivity contribution in [2.45, 2.75) is 96.7 Å². The van der Waals surface area contributed by atoms with Gasteiger partial charge < -0.3 is 10.6 Å². The molecule has 1 unspecified atom stereocenters. The molecule has 0 spiro atoms. The predicted octanol–water partition coefficient (Wildman–Crippen LogP) is 3.17. The predicted molar refractivity (Wildman–Crippen MR) is 110 cm³/mol. The SMILES string of the molecule is CCCCCNC(=O)C1(F)CCCCCc2c1nnn2CCCNC(=O)CCC. The number of alkyl halides is 1. The highest BCUT2D eigenvalue weighted by Gasteiger charge is 2.45. The normalized spacial score (nSPS) is 19.1. The molecular formula is C21H36FN5O2. The van der Waals surface area contributed by atoms with Crippen molar-refractivity contribution in [1.82, 2.24) is 25.6 Å². The van der Waals surface area contributed by atoms with E-state index in [1.807, 2.05) is 6.92 Å². The van der Waals surface area contributed by atoms with Gasteiger partial charge in [0.1, 0.15) is 5.69 Å². The molecule has 1 atom stereocenters. The minimum absolute atomic E-state index is 0.0453. The van der Waals surface area contributed by atoms with Gasteiger partial charge in [-0.2, -0.15) is 0 Å². The van der Waals surface area contributed by atoms with E-state index in [0.29, 0.717) is 45.3 Å². The number of rotatable bonds is 11. The van der Waals surface area contributed by atoms with Crippen molar-refractivity contribution in [3.05, 3.63) is 11.4 Å².